The minimum Gasteiger partial charge on any atom is -0.349 e. The Kier molecular flexibility index (Phi) is 4.26. The number of hydrogen-bond donors (Lipinski definition) is 2. The predicted molar refractivity (Wildman–Crippen MR) is 94.1 cm³/mol. The lowest BCUT2D eigenvalue weighted by Gasteiger charge is -2.25. The number of carbonyl (C=O) groups excluding carboxylic acids is 1. The minimum atomic E-state index is -0.311. The molecule has 1 atom stereocenters. The molecule has 25 heavy (non-hydrogen) atoms. The van der Waals surface area contributed by atoms with Crippen molar-refractivity contribution in [2.75, 3.05) is 6.54 Å². The van der Waals surface area contributed by atoms with Crippen LogP contribution in [0.15, 0.2) is 60.8 Å². The van der Waals surface area contributed by atoms with E-state index in [1.165, 1.54) is 5.56 Å². The van der Waals surface area contributed by atoms with Gasteiger partial charge in [-0.15, -0.1) is 5.10 Å². The summed E-state index contributed by atoms with van der Waals surface area (Å²) in [5.74, 6) is -0.0404. The molecule has 2 aromatic carbocycles. The molecule has 1 amide bonds. The highest BCUT2D eigenvalue weighted by atomic mass is 16.2. The molecular weight excluding hydrogens is 314 g/mol. The SMILES string of the molecule is O=C(NCc1cn(-c2ccccc2)nn1)[C@@H]1NCCc2ccccc21. The fourth-order valence-corrected chi connectivity index (χ4v) is 3.10. The maximum absolute atomic E-state index is 12.6. The van der Waals surface area contributed by atoms with Crippen LogP contribution in [0.2, 0.25) is 0 Å². The van der Waals surface area contributed by atoms with Gasteiger partial charge < -0.3 is 10.6 Å². The normalized spacial score (nSPS) is 16.2. The molecule has 2 heterocycles. The van der Waals surface area contributed by atoms with Crippen LogP contribution in [0.1, 0.15) is 22.9 Å². The lowest BCUT2D eigenvalue weighted by Crippen LogP contribution is -2.41. The first-order valence-corrected chi connectivity index (χ1v) is 8.37. The Balaban J connectivity index is 1.42. The van der Waals surface area contributed by atoms with Crippen molar-refractivity contribution in [2.24, 2.45) is 0 Å². The van der Waals surface area contributed by atoms with E-state index < -0.39 is 0 Å². The second kappa shape index (κ2) is 6.86. The molecule has 3 aromatic rings. The van der Waals surface area contributed by atoms with Crippen LogP contribution < -0.4 is 10.6 Å². The highest BCUT2D eigenvalue weighted by Crippen LogP contribution is 2.22. The highest BCUT2D eigenvalue weighted by molar-refractivity contribution is 5.83. The summed E-state index contributed by atoms with van der Waals surface area (Å²) in [6.45, 7) is 1.16. The Hall–Kier alpha value is -2.99. The molecule has 0 unspecified atom stereocenters. The Labute approximate surface area is 145 Å². The van der Waals surface area contributed by atoms with E-state index in [1.807, 2.05) is 54.7 Å². The summed E-state index contributed by atoms with van der Waals surface area (Å²) >= 11 is 0. The van der Waals surface area contributed by atoms with E-state index in [1.54, 1.807) is 4.68 Å². The van der Waals surface area contributed by atoms with Crippen LogP contribution in [0.25, 0.3) is 5.69 Å². The van der Waals surface area contributed by atoms with Crippen molar-refractivity contribution >= 4 is 5.91 Å². The fourth-order valence-electron chi connectivity index (χ4n) is 3.10. The van der Waals surface area contributed by atoms with Gasteiger partial charge in [0, 0.05) is 6.54 Å². The molecule has 6 heteroatoms. The molecule has 1 aromatic heterocycles. The summed E-state index contributed by atoms with van der Waals surface area (Å²) in [6.07, 6.45) is 2.78. The molecule has 0 radical (unpaired) electrons. The average molecular weight is 333 g/mol. The molecule has 0 aliphatic carbocycles. The lowest BCUT2D eigenvalue weighted by molar-refractivity contribution is -0.123. The molecule has 0 fully saturated rings. The van der Waals surface area contributed by atoms with Crippen molar-refractivity contribution in [1.29, 1.82) is 0 Å². The molecule has 0 bridgehead atoms. The van der Waals surface area contributed by atoms with Crippen molar-refractivity contribution in [3.05, 3.63) is 77.6 Å². The minimum absolute atomic E-state index is 0.0404. The fraction of sp³-hybridized carbons (Fsp3) is 0.211. The van der Waals surface area contributed by atoms with Gasteiger partial charge in [-0.3, -0.25) is 4.79 Å². The smallest absolute Gasteiger partial charge is 0.242 e. The zero-order valence-electron chi connectivity index (χ0n) is 13.7. The predicted octanol–water partition coefficient (Wildman–Crippen LogP) is 1.77. The maximum Gasteiger partial charge on any atom is 0.242 e. The second-order valence-corrected chi connectivity index (χ2v) is 6.04. The van der Waals surface area contributed by atoms with Gasteiger partial charge in [0.2, 0.25) is 5.91 Å². The van der Waals surface area contributed by atoms with E-state index in [4.69, 9.17) is 0 Å². The number of hydrogen-bond acceptors (Lipinski definition) is 4. The molecule has 2 N–H and O–H groups in total. The summed E-state index contributed by atoms with van der Waals surface area (Å²) in [6, 6.07) is 17.5. The standard InChI is InChI=1S/C19H19N5O/c25-19(18-17-9-5-4-6-14(17)10-11-20-18)21-12-15-13-24(23-22-15)16-7-2-1-3-8-16/h1-9,13,18,20H,10-12H2,(H,21,25)/t18-/m1/s1. The van der Waals surface area contributed by atoms with E-state index in [0.717, 1.165) is 29.9 Å². The van der Waals surface area contributed by atoms with Crippen LogP contribution in [-0.4, -0.2) is 27.4 Å². The molecule has 1 aliphatic heterocycles. The van der Waals surface area contributed by atoms with Crippen LogP contribution in [0.3, 0.4) is 0 Å². The van der Waals surface area contributed by atoms with E-state index in [-0.39, 0.29) is 11.9 Å². The maximum atomic E-state index is 12.6. The number of amides is 1. The molecule has 6 nitrogen and oxygen atoms in total. The van der Waals surface area contributed by atoms with Crippen LogP contribution in [0.4, 0.5) is 0 Å². The number of rotatable bonds is 4. The van der Waals surface area contributed by atoms with Gasteiger partial charge in [-0.25, -0.2) is 4.68 Å². The van der Waals surface area contributed by atoms with Crippen molar-refractivity contribution < 1.29 is 4.79 Å². The molecule has 1 aliphatic rings. The number of benzene rings is 2. The molecule has 0 saturated carbocycles. The van der Waals surface area contributed by atoms with Crippen LogP contribution in [0, 0.1) is 0 Å². The zero-order valence-corrected chi connectivity index (χ0v) is 13.7. The number of carbonyl (C=O) groups is 1. The van der Waals surface area contributed by atoms with Crippen molar-refractivity contribution in [2.45, 2.75) is 19.0 Å². The van der Waals surface area contributed by atoms with E-state index in [2.05, 4.69) is 27.0 Å². The third-order valence-corrected chi connectivity index (χ3v) is 4.38. The second-order valence-electron chi connectivity index (χ2n) is 6.04. The third kappa shape index (κ3) is 3.29. The Bertz CT molecular complexity index is 874. The van der Waals surface area contributed by atoms with Crippen molar-refractivity contribution in [1.82, 2.24) is 25.6 Å². The number of para-hydroxylation sites is 1. The Morgan fingerprint density at radius 1 is 1.16 bits per heavy atom. The van der Waals surface area contributed by atoms with Gasteiger partial charge in [0.1, 0.15) is 11.7 Å². The molecule has 126 valence electrons. The van der Waals surface area contributed by atoms with Gasteiger partial charge in [0.25, 0.3) is 0 Å². The highest BCUT2D eigenvalue weighted by Gasteiger charge is 2.25. The lowest BCUT2D eigenvalue weighted by atomic mass is 9.94. The summed E-state index contributed by atoms with van der Waals surface area (Å²) in [5.41, 5.74) is 3.95. The van der Waals surface area contributed by atoms with Gasteiger partial charge >= 0.3 is 0 Å². The summed E-state index contributed by atoms with van der Waals surface area (Å²) in [7, 11) is 0. The van der Waals surface area contributed by atoms with Crippen molar-refractivity contribution in [3.63, 3.8) is 0 Å². The molecule has 4 rings (SSSR count). The summed E-state index contributed by atoms with van der Waals surface area (Å²) in [4.78, 5) is 12.6. The van der Waals surface area contributed by atoms with Crippen LogP contribution in [-0.2, 0) is 17.8 Å². The van der Waals surface area contributed by atoms with Crippen molar-refractivity contribution in [3.8, 4) is 5.69 Å². The van der Waals surface area contributed by atoms with E-state index >= 15 is 0 Å². The molecule has 0 saturated heterocycles. The summed E-state index contributed by atoms with van der Waals surface area (Å²) in [5, 5.41) is 14.5. The first kappa shape index (κ1) is 15.5. The van der Waals surface area contributed by atoms with E-state index in [9.17, 15) is 4.79 Å². The number of aromatic nitrogens is 3. The topological polar surface area (TPSA) is 71.8 Å². The molecule has 0 spiro atoms. The number of fused-ring (bicyclic) bond motifs is 1. The van der Waals surface area contributed by atoms with Gasteiger partial charge in [-0.1, -0.05) is 47.7 Å². The Morgan fingerprint density at radius 3 is 2.84 bits per heavy atom. The number of nitrogens with one attached hydrogen (secondary N) is 2. The van der Waals surface area contributed by atoms with Gasteiger partial charge in [-0.05, 0) is 29.7 Å². The first-order chi connectivity index (χ1) is 12.3. The van der Waals surface area contributed by atoms with Crippen LogP contribution >= 0.6 is 0 Å². The van der Waals surface area contributed by atoms with Gasteiger partial charge in [0.15, 0.2) is 0 Å². The monoisotopic (exact) mass is 333 g/mol. The van der Waals surface area contributed by atoms with Crippen LogP contribution in [0.5, 0.6) is 0 Å². The first-order valence-electron chi connectivity index (χ1n) is 8.37. The summed E-state index contributed by atoms with van der Waals surface area (Å²) < 4.78 is 1.70. The van der Waals surface area contributed by atoms with Gasteiger partial charge in [-0.2, -0.15) is 0 Å². The van der Waals surface area contributed by atoms with E-state index in [0.29, 0.717) is 6.54 Å². The zero-order chi connectivity index (χ0) is 17.1. The third-order valence-electron chi connectivity index (χ3n) is 4.38. The average Bonchev–Trinajstić information content (AvgIpc) is 3.15. The largest absolute Gasteiger partial charge is 0.349 e. The van der Waals surface area contributed by atoms with Gasteiger partial charge in [0.05, 0.1) is 18.4 Å². The quantitative estimate of drug-likeness (QED) is 0.763. The molecular formula is C19H19N5O. The Morgan fingerprint density at radius 2 is 1.96 bits per heavy atom. The number of nitrogens with zero attached hydrogens (tertiary/aromatic N) is 3.